The van der Waals surface area contributed by atoms with Crippen LogP contribution < -0.4 is 10.1 Å². The molecule has 0 atom stereocenters. The number of nitrogens with one attached hydrogen (secondary N) is 1. The second-order valence-corrected chi connectivity index (χ2v) is 5.80. The lowest BCUT2D eigenvalue weighted by atomic mass is 10.2. The molecule has 2 aromatic rings. The van der Waals surface area contributed by atoms with Crippen LogP contribution in [0.4, 0.5) is 10.1 Å². The number of ether oxygens (including phenoxy) is 1. The third kappa shape index (κ3) is 4.46. The molecule has 0 unspecified atom stereocenters. The van der Waals surface area contributed by atoms with Crippen LogP contribution >= 0.6 is 15.9 Å². The molecule has 0 saturated carbocycles. The van der Waals surface area contributed by atoms with Gasteiger partial charge in [0.1, 0.15) is 11.6 Å². The van der Waals surface area contributed by atoms with Gasteiger partial charge in [-0.2, -0.15) is 0 Å². The van der Waals surface area contributed by atoms with Gasteiger partial charge in [0.15, 0.2) is 0 Å². The van der Waals surface area contributed by atoms with Gasteiger partial charge < -0.3 is 10.1 Å². The molecule has 112 valence electrons. The third-order valence-corrected chi connectivity index (χ3v) is 3.71. The van der Waals surface area contributed by atoms with Gasteiger partial charge in [0.05, 0.1) is 16.8 Å². The molecule has 0 heterocycles. The van der Waals surface area contributed by atoms with E-state index in [0.717, 1.165) is 29.0 Å². The van der Waals surface area contributed by atoms with Crippen molar-refractivity contribution in [1.29, 1.82) is 0 Å². The van der Waals surface area contributed by atoms with Crippen LogP contribution in [0.1, 0.15) is 24.5 Å². The van der Waals surface area contributed by atoms with Gasteiger partial charge in [-0.25, -0.2) is 4.39 Å². The monoisotopic (exact) mass is 351 g/mol. The van der Waals surface area contributed by atoms with Crippen molar-refractivity contribution in [2.24, 2.45) is 0 Å². The van der Waals surface area contributed by atoms with Crippen LogP contribution in [0.3, 0.4) is 0 Å². The summed E-state index contributed by atoms with van der Waals surface area (Å²) < 4.78 is 19.7. The largest absolute Gasteiger partial charge is 0.491 e. The van der Waals surface area contributed by atoms with Crippen LogP contribution in [0.25, 0.3) is 0 Å². The van der Waals surface area contributed by atoms with Crippen LogP contribution in [0.5, 0.6) is 5.75 Å². The SMILES string of the molecule is CCCOc1cc(C)ccc1NCc1ccc(Br)c(F)c1. The standard InChI is InChI=1S/C17H19BrFNO/c1-3-8-21-17-9-12(2)4-7-16(17)20-11-13-5-6-14(18)15(19)10-13/h4-7,9-10,20H,3,8,11H2,1-2H3. The Morgan fingerprint density at radius 1 is 1.19 bits per heavy atom. The Labute approximate surface area is 133 Å². The summed E-state index contributed by atoms with van der Waals surface area (Å²) in [4.78, 5) is 0. The Balaban J connectivity index is 2.09. The first kappa shape index (κ1) is 15.8. The summed E-state index contributed by atoms with van der Waals surface area (Å²) in [5, 5.41) is 3.31. The van der Waals surface area contributed by atoms with Crippen molar-refractivity contribution in [3.05, 3.63) is 57.8 Å². The van der Waals surface area contributed by atoms with E-state index in [1.54, 1.807) is 6.07 Å². The summed E-state index contributed by atoms with van der Waals surface area (Å²) in [5.74, 6) is 0.593. The maximum atomic E-state index is 13.5. The van der Waals surface area contributed by atoms with Crippen molar-refractivity contribution in [2.75, 3.05) is 11.9 Å². The summed E-state index contributed by atoms with van der Waals surface area (Å²) in [6.07, 6.45) is 0.964. The molecule has 2 nitrogen and oxygen atoms in total. The highest BCUT2D eigenvalue weighted by Gasteiger charge is 2.05. The van der Waals surface area contributed by atoms with Crippen molar-refractivity contribution in [2.45, 2.75) is 26.8 Å². The summed E-state index contributed by atoms with van der Waals surface area (Å²) in [6, 6.07) is 11.2. The number of benzene rings is 2. The molecule has 0 fully saturated rings. The van der Waals surface area contributed by atoms with Crippen LogP contribution in [-0.2, 0) is 6.54 Å². The first-order valence-corrected chi connectivity index (χ1v) is 7.80. The van der Waals surface area contributed by atoms with Gasteiger partial charge in [-0.3, -0.25) is 0 Å². The highest BCUT2D eigenvalue weighted by atomic mass is 79.9. The van der Waals surface area contributed by atoms with Crippen molar-refractivity contribution >= 4 is 21.6 Å². The fourth-order valence-corrected chi connectivity index (χ4v) is 2.20. The Hall–Kier alpha value is -1.55. The molecule has 0 aromatic heterocycles. The van der Waals surface area contributed by atoms with E-state index < -0.39 is 0 Å². The molecule has 0 amide bonds. The Bertz CT molecular complexity index is 616. The second kappa shape index (κ2) is 7.46. The van der Waals surface area contributed by atoms with Crippen LogP contribution in [-0.4, -0.2) is 6.61 Å². The van der Waals surface area contributed by atoms with E-state index in [1.807, 2.05) is 31.2 Å². The minimum absolute atomic E-state index is 0.249. The summed E-state index contributed by atoms with van der Waals surface area (Å²) in [6.45, 7) is 5.35. The van der Waals surface area contributed by atoms with E-state index in [9.17, 15) is 4.39 Å². The first-order valence-electron chi connectivity index (χ1n) is 7.01. The lowest BCUT2D eigenvalue weighted by Crippen LogP contribution is -2.04. The fourth-order valence-electron chi connectivity index (χ4n) is 1.95. The molecule has 21 heavy (non-hydrogen) atoms. The summed E-state index contributed by atoms with van der Waals surface area (Å²) in [7, 11) is 0. The number of hydrogen-bond donors (Lipinski definition) is 1. The van der Waals surface area contributed by atoms with Gasteiger partial charge in [0.2, 0.25) is 0 Å². The van der Waals surface area contributed by atoms with Gasteiger partial charge in [-0.15, -0.1) is 0 Å². The predicted octanol–water partition coefficient (Wildman–Crippen LogP) is 5.30. The Morgan fingerprint density at radius 2 is 2.00 bits per heavy atom. The highest BCUT2D eigenvalue weighted by molar-refractivity contribution is 9.10. The number of hydrogen-bond acceptors (Lipinski definition) is 2. The molecule has 2 rings (SSSR count). The molecule has 0 saturated heterocycles. The summed E-state index contributed by atoms with van der Waals surface area (Å²) >= 11 is 3.16. The van der Waals surface area contributed by atoms with E-state index in [1.165, 1.54) is 6.07 Å². The zero-order chi connectivity index (χ0) is 15.2. The smallest absolute Gasteiger partial charge is 0.142 e. The molecule has 1 N–H and O–H groups in total. The molecular weight excluding hydrogens is 333 g/mol. The molecule has 0 aliphatic carbocycles. The molecule has 4 heteroatoms. The molecule has 0 spiro atoms. The number of anilines is 1. The number of halogens is 2. The highest BCUT2D eigenvalue weighted by Crippen LogP contribution is 2.27. The maximum Gasteiger partial charge on any atom is 0.142 e. The van der Waals surface area contributed by atoms with E-state index in [0.29, 0.717) is 17.6 Å². The molecule has 0 bridgehead atoms. The number of aryl methyl sites for hydroxylation is 1. The van der Waals surface area contributed by atoms with Gasteiger partial charge in [0, 0.05) is 6.54 Å². The topological polar surface area (TPSA) is 21.3 Å². The van der Waals surface area contributed by atoms with Crippen molar-refractivity contribution in [3.8, 4) is 5.75 Å². The third-order valence-electron chi connectivity index (χ3n) is 3.07. The van der Waals surface area contributed by atoms with Gasteiger partial charge in [0.25, 0.3) is 0 Å². The average Bonchev–Trinajstić information content (AvgIpc) is 2.47. The quantitative estimate of drug-likeness (QED) is 0.762. The predicted molar refractivity (Wildman–Crippen MR) is 88.4 cm³/mol. The zero-order valence-electron chi connectivity index (χ0n) is 12.2. The van der Waals surface area contributed by atoms with Crippen molar-refractivity contribution in [3.63, 3.8) is 0 Å². The molecule has 0 aliphatic heterocycles. The Kier molecular flexibility index (Phi) is 5.62. The van der Waals surface area contributed by atoms with Crippen LogP contribution in [0.2, 0.25) is 0 Å². The number of rotatable bonds is 6. The van der Waals surface area contributed by atoms with Crippen molar-refractivity contribution in [1.82, 2.24) is 0 Å². The van der Waals surface area contributed by atoms with Crippen LogP contribution in [0, 0.1) is 12.7 Å². The van der Waals surface area contributed by atoms with E-state index in [4.69, 9.17) is 4.74 Å². The minimum Gasteiger partial charge on any atom is -0.491 e. The fraction of sp³-hybridized carbons (Fsp3) is 0.294. The minimum atomic E-state index is -0.249. The lowest BCUT2D eigenvalue weighted by molar-refractivity contribution is 0.318. The van der Waals surface area contributed by atoms with Gasteiger partial charge >= 0.3 is 0 Å². The van der Waals surface area contributed by atoms with E-state index >= 15 is 0 Å². The Morgan fingerprint density at radius 3 is 2.71 bits per heavy atom. The zero-order valence-corrected chi connectivity index (χ0v) is 13.8. The van der Waals surface area contributed by atoms with E-state index in [-0.39, 0.29) is 5.82 Å². The molecule has 2 aromatic carbocycles. The second-order valence-electron chi connectivity index (χ2n) is 4.95. The molecule has 0 radical (unpaired) electrons. The van der Waals surface area contributed by atoms with E-state index in [2.05, 4.69) is 28.2 Å². The first-order chi connectivity index (χ1) is 10.1. The average molecular weight is 352 g/mol. The van der Waals surface area contributed by atoms with Crippen molar-refractivity contribution < 1.29 is 9.13 Å². The molecular formula is C17H19BrFNO. The summed E-state index contributed by atoms with van der Waals surface area (Å²) in [5.41, 5.74) is 2.97. The van der Waals surface area contributed by atoms with Crippen LogP contribution in [0.15, 0.2) is 40.9 Å². The normalized spacial score (nSPS) is 10.5. The van der Waals surface area contributed by atoms with Gasteiger partial charge in [-0.1, -0.05) is 19.1 Å². The lowest BCUT2D eigenvalue weighted by Gasteiger charge is -2.14. The van der Waals surface area contributed by atoms with Gasteiger partial charge in [-0.05, 0) is 64.7 Å². The maximum absolute atomic E-state index is 13.5. The molecule has 0 aliphatic rings.